The van der Waals surface area contributed by atoms with Crippen LogP contribution < -0.4 is 5.32 Å². The molecule has 3 heteroatoms. The van der Waals surface area contributed by atoms with Crippen LogP contribution in [-0.2, 0) is 6.42 Å². The standard InChI is InChI=1S/C8H14N2O/c1-6(9-3)4-8-5-10-7(2)11-8/h5-6,9H,4H2,1-3H3. The number of nitrogens with zero attached hydrogens (tertiary/aromatic N) is 1. The van der Waals surface area contributed by atoms with Gasteiger partial charge in [0.1, 0.15) is 5.76 Å². The van der Waals surface area contributed by atoms with Crippen molar-refractivity contribution < 1.29 is 4.42 Å². The molecule has 0 saturated heterocycles. The van der Waals surface area contributed by atoms with Crippen LogP contribution in [0.1, 0.15) is 18.6 Å². The molecule has 0 aliphatic heterocycles. The van der Waals surface area contributed by atoms with Gasteiger partial charge in [-0.15, -0.1) is 0 Å². The van der Waals surface area contributed by atoms with Crippen LogP contribution in [0.5, 0.6) is 0 Å². The van der Waals surface area contributed by atoms with Crippen molar-refractivity contribution >= 4 is 0 Å². The van der Waals surface area contributed by atoms with Crippen molar-refractivity contribution in [2.75, 3.05) is 7.05 Å². The van der Waals surface area contributed by atoms with Crippen LogP contribution in [0.15, 0.2) is 10.6 Å². The van der Waals surface area contributed by atoms with Gasteiger partial charge in [-0.1, -0.05) is 0 Å². The number of rotatable bonds is 3. The second-order valence-electron chi connectivity index (χ2n) is 2.74. The zero-order valence-electron chi connectivity index (χ0n) is 7.22. The first-order valence-corrected chi connectivity index (χ1v) is 3.81. The second kappa shape index (κ2) is 3.53. The van der Waals surface area contributed by atoms with Crippen LogP contribution in [-0.4, -0.2) is 18.1 Å². The lowest BCUT2D eigenvalue weighted by molar-refractivity contribution is 0.448. The van der Waals surface area contributed by atoms with Gasteiger partial charge >= 0.3 is 0 Å². The van der Waals surface area contributed by atoms with Crippen molar-refractivity contribution in [1.82, 2.24) is 10.3 Å². The third-order valence-electron chi connectivity index (χ3n) is 1.67. The molecule has 62 valence electrons. The van der Waals surface area contributed by atoms with E-state index in [0.29, 0.717) is 6.04 Å². The maximum absolute atomic E-state index is 5.30. The van der Waals surface area contributed by atoms with E-state index in [-0.39, 0.29) is 0 Å². The normalized spacial score (nSPS) is 13.4. The fraction of sp³-hybridized carbons (Fsp3) is 0.625. The Balaban J connectivity index is 2.50. The summed E-state index contributed by atoms with van der Waals surface area (Å²) in [6.07, 6.45) is 2.68. The number of aromatic nitrogens is 1. The molecular formula is C8H14N2O. The van der Waals surface area contributed by atoms with E-state index in [9.17, 15) is 0 Å². The predicted molar refractivity (Wildman–Crippen MR) is 43.5 cm³/mol. The lowest BCUT2D eigenvalue weighted by Crippen LogP contribution is -2.23. The van der Waals surface area contributed by atoms with Gasteiger partial charge in [-0.25, -0.2) is 4.98 Å². The van der Waals surface area contributed by atoms with Gasteiger partial charge in [0, 0.05) is 19.4 Å². The molecule has 3 nitrogen and oxygen atoms in total. The molecule has 1 rings (SSSR count). The Morgan fingerprint density at radius 3 is 2.91 bits per heavy atom. The molecule has 1 heterocycles. The van der Waals surface area contributed by atoms with Gasteiger partial charge < -0.3 is 9.73 Å². The maximum Gasteiger partial charge on any atom is 0.191 e. The van der Waals surface area contributed by atoms with Gasteiger partial charge in [0.25, 0.3) is 0 Å². The van der Waals surface area contributed by atoms with Crippen LogP contribution in [0, 0.1) is 6.92 Å². The lowest BCUT2D eigenvalue weighted by Gasteiger charge is -2.05. The molecule has 0 saturated carbocycles. The minimum absolute atomic E-state index is 0.447. The van der Waals surface area contributed by atoms with E-state index >= 15 is 0 Å². The van der Waals surface area contributed by atoms with Crippen molar-refractivity contribution in [2.45, 2.75) is 26.3 Å². The van der Waals surface area contributed by atoms with Gasteiger partial charge in [0.15, 0.2) is 5.89 Å². The van der Waals surface area contributed by atoms with Crippen LogP contribution in [0.25, 0.3) is 0 Å². The molecule has 0 amide bonds. The summed E-state index contributed by atoms with van der Waals surface area (Å²) in [5, 5.41) is 3.13. The van der Waals surface area contributed by atoms with Crippen LogP contribution in [0.3, 0.4) is 0 Å². The van der Waals surface area contributed by atoms with Gasteiger partial charge in [-0.3, -0.25) is 0 Å². The quantitative estimate of drug-likeness (QED) is 0.709. The summed E-state index contributed by atoms with van der Waals surface area (Å²) >= 11 is 0. The number of hydrogen-bond donors (Lipinski definition) is 1. The van der Waals surface area contributed by atoms with Crippen LogP contribution in [0.2, 0.25) is 0 Å². The Bertz CT molecular complexity index is 220. The van der Waals surface area contributed by atoms with Gasteiger partial charge in [0.2, 0.25) is 0 Å². The van der Waals surface area contributed by atoms with E-state index < -0.39 is 0 Å². The summed E-state index contributed by atoms with van der Waals surface area (Å²) in [5.41, 5.74) is 0. The monoisotopic (exact) mass is 154 g/mol. The van der Waals surface area contributed by atoms with Crippen molar-refractivity contribution in [1.29, 1.82) is 0 Å². The smallest absolute Gasteiger partial charge is 0.191 e. The fourth-order valence-electron chi connectivity index (χ4n) is 0.904. The zero-order valence-corrected chi connectivity index (χ0v) is 7.22. The number of oxazole rings is 1. The first kappa shape index (κ1) is 8.27. The molecular weight excluding hydrogens is 140 g/mol. The molecule has 1 unspecified atom stereocenters. The summed E-state index contributed by atoms with van der Waals surface area (Å²) in [6.45, 7) is 3.96. The number of nitrogens with one attached hydrogen (secondary N) is 1. The highest BCUT2D eigenvalue weighted by molar-refractivity contribution is 4.94. The maximum atomic E-state index is 5.30. The molecule has 1 N–H and O–H groups in total. The Labute approximate surface area is 66.8 Å². The molecule has 0 aliphatic carbocycles. The minimum atomic E-state index is 0.447. The average Bonchev–Trinajstić information content (AvgIpc) is 2.35. The lowest BCUT2D eigenvalue weighted by atomic mass is 10.2. The Morgan fingerprint density at radius 1 is 1.73 bits per heavy atom. The zero-order chi connectivity index (χ0) is 8.27. The Hall–Kier alpha value is -0.830. The molecule has 0 bridgehead atoms. The first-order chi connectivity index (χ1) is 5.22. The highest BCUT2D eigenvalue weighted by Crippen LogP contribution is 2.04. The van der Waals surface area contributed by atoms with Gasteiger partial charge in [-0.05, 0) is 14.0 Å². The van der Waals surface area contributed by atoms with E-state index in [1.807, 2.05) is 14.0 Å². The molecule has 1 aromatic heterocycles. The molecule has 0 fully saturated rings. The van der Waals surface area contributed by atoms with Crippen molar-refractivity contribution in [3.05, 3.63) is 17.8 Å². The summed E-state index contributed by atoms with van der Waals surface area (Å²) < 4.78 is 5.30. The first-order valence-electron chi connectivity index (χ1n) is 3.81. The summed E-state index contributed by atoms with van der Waals surface area (Å²) in [5.74, 6) is 1.69. The van der Waals surface area contributed by atoms with Crippen molar-refractivity contribution in [2.24, 2.45) is 0 Å². The van der Waals surface area contributed by atoms with E-state index in [2.05, 4.69) is 17.2 Å². The molecule has 0 aromatic carbocycles. The summed E-state index contributed by atoms with van der Waals surface area (Å²) in [6, 6.07) is 0.447. The van der Waals surface area contributed by atoms with E-state index in [1.54, 1.807) is 6.20 Å². The highest BCUT2D eigenvalue weighted by Gasteiger charge is 2.03. The number of hydrogen-bond acceptors (Lipinski definition) is 3. The highest BCUT2D eigenvalue weighted by atomic mass is 16.3. The van der Waals surface area contributed by atoms with Gasteiger partial charge in [-0.2, -0.15) is 0 Å². The average molecular weight is 154 g/mol. The molecule has 0 radical (unpaired) electrons. The second-order valence-corrected chi connectivity index (χ2v) is 2.74. The number of likely N-dealkylation sites (N-methyl/N-ethyl adjacent to an activating group) is 1. The minimum Gasteiger partial charge on any atom is -0.446 e. The van der Waals surface area contributed by atoms with Crippen LogP contribution in [0.4, 0.5) is 0 Å². The van der Waals surface area contributed by atoms with Gasteiger partial charge in [0.05, 0.1) is 6.20 Å². The SMILES string of the molecule is CNC(C)Cc1cnc(C)o1. The third kappa shape index (κ3) is 2.35. The molecule has 0 aliphatic rings. The molecule has 11 heavy (non-hydrogen) atoms. The molecule has 1 atom stereocenters. The van der Waals surface area contributed by atoms with E-state index in [4.69, 9.17) is 4.42 Å². The molecule has 1 aromatic rings. The Morgan fingerprint density at radius 2 is 2.45 bits per heavy atom. The third-order valence-corrected chi connectivity index (χ3v) is 1.67. The predicted octanol–water partition coefficient (Wildman–Crippen LogP) is 1.13. The molecule has 0 spiro atoms. The Kier molecular flexibility index (Phi) is 2.65. The summed E-state index contributed by atoms with van der Waals surface area (Å²) in [7, 11) is 1.94. The fourth-order valence-corrected chi connectivity index (χ4v) is 0.904. The van der Waals surface area contributed by atoms with Crippen molar-refractivity contribution in [3.63, 3.8) is 0 Å². The number of aryl methyl sites for hydroxylation is 1. The largest absolute Gasteiger partial charge is 0.446 e. The topological polar surface area (TPSA) is 38.1 Å². The van der Waals surface area contributed by atoms with Crippen molar-refractivity contribution in [3.8, 4) is 0 Å². The van der Waals surface area contributed by atoms with E-state index in [0.717, 1.165) is 18.1 Å². The summed E-state index contributed by atoms with van der Waals surface area (Å²) in [4.78, 5) is 4.01. The van der Waals surface area contributed by atoms with Crippen LogP contribution >= 0.6 is 0 Å². The van der Waals surface area contributed by atoms with E-state index in [1.165, 1.54) is 0 Å².